The molecule has 0 aromatic heterocycles. The van der Waals surface area contributed by atoms with Crippen molar-refractivity contribution < 1.29 is 19.1 Å². The molecule has 1 aromatic carbocycles. The van der Waals surface area contributed by atoms with Crippen LogP contribution in [0.1, 0.15) is 19.4 Å². The lowest BCUT2D eigenvalue weighted by Gasteiger charge is -2.09. The molecule has 0 heterocycles. The summed E-state index contributed by atoms with van der Waals surface area (Å²) in [6, 6.07) is 7.37. The van der Waals surface area contributed by atoms with Crippen LogP contribution in [0.2, 0.25) is 0 Å². The van der Waals surface area contributed by atoms with Crippen molar-refractivity contribution >= 4 is 11.9 Å². The molecule has 0 radical (unpaired) electrons. The molecule has 0 aliphatic carbocycles. The fraction of sp³-hybridized carbons (Fsp3) is 0.429. The molecule has 1 N–H and O–H groups in total. The number of carbonyl (C=O) groups is 2. The van der Waals surface area contributed by atoms with Crippen LogP contribution in [0.15, 0.2) is 24.3 Å². The predicted octanol–water partition coefficient (Wildman–Crippen LogP) is 1.44. The summed E-state index contributed by atoms with van der Waals surface area (Å²) in [5, 5.41) is 2.62. The fourth-order valence-electron chi connectivity index (χ4n) is 1.40. The van der Waals surface area contributed by atoms with Crippen LogP contribution in [0.3, 0.4) is 0 Å². The first-order chi connectivity index (χ1) is 8.97. The molecule has 1 amide bonds. The van der Waals surface area contributed by atoms with Crippen molar-refractivity contribution in [3.05, 3.63) is 29.8 Å². The van der Waals surface area contributed by atoms with Crippen LogP contribution >= 0.6 is 0 Å². The van der Waals surface area contributed by atoms with Crippen molar-refractivity contribution in [2.75, 3.05) is 13.2 Å². The van der Waals surface area contributed by atoms with E-state index in [1.165, 1.54) is 0 Å². The lowest BCUT2D eigenvalue weighted by molar-refractivity contribution is -0.150. The molecule has 5 nitrogen and oxygen atoms in total. The predicted molar refractivity (Wildman–Crippen MR) is 70.9 cm³/mol. The van der Waals surface area contributed by atoms with Gasteiger partial charge in [-0.15, -0.1) is 0 Å². The van der Waals surface area contributed by atoms with Crippen LogP contribution < -0.4 is 10.1 Å². The first-order valence-electron chi connectivity index (χ1n) is 6.12. The van der Waals surface area contributed by atoms with Crippen LogP contribution in [0, 0.1) is 6.92 Å². The number of nitrogens with one attached hydrogen (secondary N) is 1. The normalized spacial score (nSPS) is 10.1. The molecular formula is C14H19NO4. The van der Waals surface area contributed by atoms with Crippen molar-refractivity contribution in [3.63, 3.8) is 0 Å². The van der Waals surface area contributed by atoms with E-state index in [9.17, 15) is 9.59 Å². The zero-order valence-corrected chi connectivity index (χ0v) is 11.4. The molecule has 0 unspecified atom stereocenters. The van der Waals surface area contributed by atoms with Crippen LogP contribution in [-0.2, 0) is 14.3 Å². The van der Waals surface area contributed by atoms with E-state index < -0.39 is 5.97 Å². The lowest BCUT2D eigenvalue weighted by Crippen LogP contribution is -2.34. The van der Waals surface area contributed by atoms with E-state index in [2.05, 4.69) is 5.32 Å². The minimum absolute atomic E-state index is 0.0229. The van der Waals surface area contributed by atoms with E-state index in [1.54, 1.807) is 6.07 Å². The Morgan fingerprint density at radius 2 is 2.00 bits per heavy atom. The van der Waals surface area contributed by atoms with Crippen molar-refractivity contribution in [2.24, 2.45) is 0 Å². The molecule has 19 heavy (non-hydrogen) atoms. The van der Waals surface area contributed by atoms with Crippen molar-refractivity contribution in [3.8, 4) is 5.75 Å². The van der Waals surface area contributed by atoms with Gasteiger partial charge in [0.05, 0.1) is 0 Å². The van der Waals surface area contributed by atoms with Crippen molar-refractivity contribution in [1.29, 1.82) is 0 Å². The number of benzene rings is 1. The molecular weight excluding hydrogens is 246 g/mol. The maximum atomic E-state index is 11.4. The monoisotopic (exact) mass is 265 g/mol. The van der Waals surface area contributed by atoms with Gasteiger partial charge in [0.1, 0.15) is 5.75 Å². The number of amides is 1. The first kappa shape index (κ1) is 15.0. The highest BCUT2D eigenvalue weighted by Crippen LogP contribution is 2.11. The highest BCUT2D eigenvalue weighted by Gasteiger charge is 2.09. The average molecular weight is 265 g/mol. The summed E-state index contributed by atoms with van der Waals surface area (Å²) in [5.74, 6) is -0.289. The number of aryl methyl sites for hydroxylation is 1. The second kappa shape index (κ2) is 7.41. The maximum absolute atomic E-state index is 11.4. The molecule has 0 atom stereocenters. The molecule has 1 rings (SSSR count). The summed E-state index contributed by atoms with van der Waals surface area (Å²) >= 11 is 0. The number of carbonyl (C=O) groups excluding carboxylic acids is 2. The van der Waals surface area contributed by atoms with Gasteiger partial charge in [0.2, 0.25) is 0 Å². The Hall–Kier alpha value is -2.04. The van der Waals surface area contributed by atoms with Gasteiger partial charge >= 0.3 is 5.97 Å². The van der Waals surface area contributed by atoms with Crippen LogP contribution in [-0.4, -0.2) is 31.1 Å². The van der Waals surface area contributed by atoms with Gasteiger partial charge in [0.15, 0.2) is 13.2 Å². The number of hydrogen-bond acceptors (Lipinski definition) is 4. The Morgan fingerprint density at radius 3 is 2.63 bits per heavy atom. The molecule has 0 saturated heterocycles. The number of ether oxygens (including phenoxy) is 2. The summed E-state index contributed by atoms with van der Waals surface area (Å²) in [6.45, 7) is 5.11. The van der Waals surface area contributed by atoms with Gasteiger partial charge < -0.3 is 14.8 Å². The second-order valence-corrected chi connectivity index (χ2v) is 4.49. The summed E-state index contributed by atoms with van der Waals surface area (Å²) in [4.78, 5) is 22.6. The fourth-order valence-corrected chi connectivity index (χ4v) is 1.40. The number of hydrogen-bond donors (Lipinski definition) is 1. The van der Waals surface area contributed by atoms with Gasteiger partial charge in [0, 0.05) is 6.04 Å². The molecule has 0 saturated carbocycles. The van der Waals surface area contributed by atoms with E-state index in [0.29, 0.717) is 5.75 Å². The van der Waals surface area contributed by atoms with Gasteiger partial charge in [0.25, 0.3) is 5.91 Å². The molecule has 0 spiro atoms. The zero-order valence-electron chi connectivity index (χ0n) is 11.4. The third-order valence-electron chi connectivity index (χ3n) is 2.16. The molecule has 0 fully saturated rings. The van der Waals surface area contributed by atoms with E-state index >= 15 is 0 Å². The minimum Gasteiger partial charge on any atom is -0.482 e. The standard InChI is InChI=1S/C14H19NO4/c1-10(2)15-13(16)8-19-14(17)9-18-12-6-4-5-11(3)7-12/h4-7,10H,8-9H2,1-3H3,(H,15,16). The van der Waals surface area contributed by atoms with Crippen LogP contribution in [0.5, 0.6) is 5.75 Å². The molecule has 0 bridgehead atoms. The van der Waals surface area contributed by atoms with E-state index in [1.807, 2.05) is 39.0 Å². The SMILES string of the molecule is Cc1cccc(OCC(=O)OCC(=O)NC(C)C)c1. The van der Waals surface area contributed by atoms with E-state index in [-0.39, 0.29) is 25.2 Å². The van der Waals surface area contributed by atoms with Gasteiger partial charge in [-0.2, -0.15) is 0 Å². The number of rotatable bonds is 6. The van der Waals surface area contributed by atoms with Gasteiger partial charge in [-0.25, -0.2) is 4.79 Å². The topological polar surface area (TPSA) is 64.6 Å². The second-order valence-electron chi connectivity index (χ2n) is 4.49. The van der Waals surface area contributed by atoms with Crippen LogP contribution in [0.4, 0.5) is 0 Å². The minimum atomic E-state index is -0.569. The Balaban J connectivity index is 2.26. The smallest absolute Gasteiger partial charge is 0.344 e. The largest absolute Gasteiger partial charge is 0.482 e. The Labute approximate surface area is 112 Å². The quantitative estimate of drug-likeness (QED) is 0.790. The lowest BCUT2D eigenvalue weighted by atomic mass is 10.2. The van der Waals surface area contributed by atoms with E-state index in [4.69, 9.17) is 9.47 Å². The highest BCUT2D eigenvalue weighted by molar-refractivity contribution is 5.81. The Morgan fingerprint density at radius 1 is 1.26 bits per heavy atom. The third kappa shape index (κ3) is 6.45. The summed E-state index contributed by atoms with van der Waals surface area (Å²) < 4.78 is 10.0. The van der Waals surface area contributed by atoms with Gasteiger partial charge in [-0.1, -0.05) is 12.1 Å². The Bertz CT molecular complexity index is 443. The third-order valence-corrected chi connectivity index (χ3v) is 2.16. The van der Waals surface area contributed by atoms with Crippen molar-refractivity contribution in [1.82, 2.24) is 5.32 Å². The van der Waals surface area contributed by atoms with Crippen molar-refractivity contribution in [2.45, 2.75) is 26.8 Å². The number of esters is 1. The van der Waals surface area contributed by atoms with Gasteiger partial charge in [-0.05, 0) is 38.5 Å². The molecule has 0 aliphatic heterocycles. The molecule has 0 aliphatic rings. The summed E-state index contributed by atoms with van der Waals surface area (Å²) in [5.41, 5.74) is 1.04. The first-order valence-corrected chi connectivity index (χ1v) is 6.12. The summed E-state index contributed by atoms with van der Waals surface area (Å²) in [6.07, 6.45) is 0. The zero-order chi connectivity index (χ0) is 14.3. The molecule has 104 valence electrons. The van der Waals surface area contributed by atoms with E-state index in [0.717, 1.165) is 5.56 Å². The summed E-state index contributed by atoms with van der Waals surface area (Å²) in [7, 11) is 0. The average Bonchev–Trinajstić information content (AvgIpc) is 2.33. The Kier molecular flexibility index (Phi) is 5.85. The molecule has 1 aromatic rings. The molecule has 5 heteroatoms. The van der Waals surface area contributed by atoms with Crippen LogP contribution in [0.25, 0.3) is 0 Å². The highest BCUT2D eigenvalue weighted by atomic mass is 16.6. The van der Waals surface area contributed by atoms with Gasteiger partial charge in [-0.3, -0.25) is 4.79 Å². The maximum Gasteiger partial charge on any atom is 0.344 e.